The Morgan fingerprint density at radius 2 is 1.26 bits per heavy atom. The van der Waals surface area contributed by atoms with Crippen molar-refractivity contribution in [3.05, 3.63) is 60.2 Å². The van der Waals surface area contributed by atoms with Crippen molar-refractivity contribution in [2.75, 3.05) is 0 Å². The lowest BCUT2D eigenvalue weighted by Gasteiger charge is -2.26. The molecular weight excluding hydrogens is 332 g/mol. The molecule has 134 valence electrons. The number of hydrogen-bond donors (Lipinski definition) is 0. The van der Waals surface area contributed by atoms with Gasteiger partial charge in [0, 0.05) is 21.5 Å². The molecule has 2 nitrogen and oxygen atoms in total. The third kappa shape index (κ3) is 2.32. The molecule has 6 rings (SSSR count). The van der Waals surface area contributed by atoms with E-state index in [1.165, 1.54) is 36.6 Å². The molecule has 0 spiro atoms. The molecule has 1 aliphatic rings. The predicted octanol–water partition coefficient (Wildman–Crippen LogP) is 7.78. The van der Waals surface area contributed by atoms with Crippen LogP contribution in [0, 0.1) is 5.92 Å². The molecule has 1 fully saturated rings. The molecule has 0 atom stereocenters. The molecule has 3 aromatic carbocycles. The van der Waals surface area contributed by atoms with Gasteiger partial charge < -0.3 is 8.83 Å². The van der Waals surface area contributed by atoms with Crippen molar-refractivity contribution in [3.8, 4) is 0 Å². The van der Waals surface area contributed by atoms with Crippen LogP contribution in [0.15, 0.2) is 63.4 Å². The summed E-state index contributed by atoms with van der Waals surface area (Å²) in [5.74, 6) is 1.56. The van der Waals surface area contributed by atoms with E-state index in [9.17, 15) is 0 Å². The minimum absolute atomic E-state index is 0.680. The van der Waals surface area contributed by atoms with Gasteiger partial charge >= 0.3 is 0 Å². The number of rotatable bonds is 1. The zero-order valence-electron chi connectivity index (χ0n) is 15.5. The number of fused-ring (bicyclic) bond motifs is 6. The highest BCUT2D eigenvalue weighted by Crippen LogP contribution is 2.40. The fraction of sp³-hybridized carbons (Fsp3) is 0.280. The van der Waals surface area contributed by atoms with E-state index >= 15 is 0 Å². The molecule has 2 heteroatoms. The molecule has 0 N–H and O–H groups in total. The summed E-state index contributed by atoms with van der Waals surface area (Å²) in [6, 6.07) is 19.3. The first-order chi connectivity index (χ1) is 13.3. The van der Waals surface area contributed by atoms with Gasteiger partial charge in [-0.25, -0.2) is 0 Å². The Bertz CT molecular complexity index is 1300. The van der Waals surface area contributed by atoms with Gasteiger partial charge in [0.2, 0.25) is 0 Å². The van der Waals surface area contributed by atoms with Crippen LogP contribution < -0.4 is 0 Å². The van der Waals surface area contributed by atoms with E-state index in [0.29, 0.717) is 5.92 Å². The van der Waals surface area contributed by atoms with E-state index in [0.717, 1.165) is 44.4 Å². The summed E-state index contributed by atoms with van der Waals surface area (Å²) in [7, 11) is 0. The third-order valence-electron chi connectivity index (χ3n) is 6.48. The largest absolute Gasteiger partial charge is 0.456 e. The summed E-state index contributed by atoms with van der Waals surface area (Å²) in [6.07, 6.45) is 5.27. The second kappa shape index (κ2) is 5.63. The molecule has 27 heavy (non-hydrogen) atoms. The van der Waals surface area contributed by atoms with E-state index in [2.05, 4.69) is 49.4 Å². The maximum absolute atomic E-state index is 6.29. The first kappa shape index (κ1) is 15.3. The van der Waals surface area contributed by atoms with Gasteiger partial charge in [-0.2, -0.15) is 0 Å². The lowest BCUT2D eigenvalue weighted by Crippen LogP contribution is -2.10. The van der Waals surface area contributed by atoms with Gasteiger partial charge in [-0.1, -0.05) is 50.1 Å². The second-order valence-electron chi connectivity index (χ2n) is 8.26. The lowest BCUT2D eigenvalue weighted by molar-refractivity contribution is 0.348. The Balaban J connectivity index is 1.52. The van der Waals surface area contributed by atoms with Gasteiger partial charge in [0.25, 0.3) is 0 Å². The van der Waals surface area contributed by atoms with Gasteiger partial charge in [0.15, 0.2) is 0 Å². The smallest absolute Gasteiger partial charge is 0.136 e. The van der Waals surface area contributed by atoms with Gasteiger partial charge in [-0.3, -0.25) is 0 Å². The number of furan rings is 2. The fourth-order valence-electron chi connectivity index (χ4n) is 4.86. The normalized spacial score (nSPS) is 20.9. The highest BCUT2D eigenvalue weighted by molar-refractivity contribution is 6.14. The van der Waals surface area contributed by atoms with Crippen molar-refractivity contribution in [3.63, 3.8) is 0 Å². The van der Waals surface area contributed by atoms with Gasteiger partial charge in [0.1, 0.15) is 22.3 Å². The van der Waals surface area contributed by atoms with Crippen molar-refractivity contribution in [2.24, 2.45) is 5.92 Å². The Morgan fingerprint density at radius 1 is 0.630 bits per heavy atom. The monoisotopic (exact) mass is 354 g/mol. The topological polar surface area (TPSA) is 26.3 Å². The maximum atomic E-state index is 6.29. The molecule has 2 heterocycles. The molecule has 0 amide bonds. The summed E-state index contributed by atoms with van der Waals surface area (Å²) in [5.41, 5.74) is 5.23. The lowest BCUT2D eigenvalue weighted by atomic mass is 9.79. The molecule has 0 radical (unpaired) electrons. The molecular formula is C25H22O2. The van der Waals surface area contributed by atoms with Crippen LogP contribution in [0.25, 0.3) is 43.9 Å². The summed E-state index contributed by atoms with van der Waals surface area (Å²) < 4.78 is 12.4. The first-order valence-electron chi connectivity index (χ1n) is 10.0. The van der Waals surface area contributed by atoms with Crippen LogP contribution in [0.3, 0.4) is 0 Å². The summed E-state index contributed by atoms with van der Waals surface area (Å²) in [5, 5.41) is 4.59. The summed E-state index contributed by atoms with van der Waals surface area (Å²) >= 11 is 0. The molecule has 1 saturated carbocycles. The zero-order valence-corrected chi connectivity index (χ0v) is 15.5. The zero-order chi connectivity index (χ0) is 18.0. The minimum atomic E-state index is 0.680. The van der Waals surface area contributed by atoms with Gasteiger partial charge in [0.05, 0.1) is 0 Å². The van der Waals surface area contributed by atoms with E-state index in [-0.39, 0.29) is 0 Å². The minimum Gasteiger partial charge on any atom is -0.456 e. The Kier molecular flexibility index (Phi) is 3.19. The van der Waals surface area contributed by atoms with E-state index in [1.807, 2.05) is 12.1 Å². The van der Waals surface area contributed by atoms with Crippen LogP contribution in [0.2, 0.25) is 0 Å². The van der Waals surface area contributed by atoms with Crippen molar-refractivity contribution < 1.29 is 8.83 Å². The van der Waals surface area contributed by atoms with Crippen molar-refractivity contribution in [2.45, 2.75) is 38.5 Å². The van der Waals surface area contributed by atoms with Crippen LogP contribution in [0.1, 0.15) is 44.1 Å². The fourth-order valence-corrected chi connectivity index (χ4v) is 4.86. The van der Waals surface area contributed by atoms with Crippen LogP contribution in [-0.2, 0) is 0 Å². The number of hydrogen-bond acceptors (Lipinski definition) is 2. The standard InChI is InChI=1S/C25H22O2/c1-15-6-8-16(9-7-15)17-10-11-19-21-14-24-20(13-25(21)27-23(19)12-17)18-4-2-3-5-22(18)26-24/h2-5,10-16H,6-9H2,1H3. The number of benzene rings is 3. The molecule has 2 aromatic heterocycles. The Hall–Kier alpha value is -2.74. The van der Waals surface area contributed by atoms with Crippen molar-refractivity contribution >= 4 is 43.9 Å². The quantitative estimate of drug-likeness (QED) is 0.307. The SMILES string of the molecule is CC1CCC(c2ccc3c(c2)oc2cc4c(cc23)oc2ccccc24)CC1. The Labute approximate surface area is 157 Å². The van der Waals surface area contributed by atoms with Crippen LogP contribution in [-0.4, -0.2) is 0 Å². The maximum Gasteiger partial charge on any atom is 0.136 e. The Morgan fingerprint density at radius 3 is 2.04 bits per heavy atom. The highest BCUT2D eigenvalue weighted by Gasteiger charge is 2.21. The van der Waals surface area contributed by atoms with E-state index in [4.69, 9.17) is 8.83 Å². The van der Waals surface area contributed by atoms with Crippen LogP contribution in [0.5, 0.6) is 0 Å². The second-order valence-corrected chi connectivity index (χ2v) is 8.26. The molecule has 0 unspecified atom stereocenters. The average Bonchev–Trinajstić information content (AvgIpc) is 3.23. The van der Waals surface area contributed by atoms with Gasteiger partial charge in [-0.05, 0) is 54.5 Å². The molecule has 5 aromatic rings. The molecule has 1 aliphatic carbocycles. The number of para-hydroxylation sites is 1. The molecule has 0 aliphatic heterocycles. The van der Waals surface area contributed by atoms with Crippen LogP contribution >= 0.6 is 0 Å². The average molecular weight is 354 g/mol. The van der Waals surface area contributed by atoms with Crippen molar-refractivity contribution in [1.29, 1.82) is 0 Å². The predicted molar refractivity (Wildman–Crippen MR) is 111 cm³/mol. The molecule has 0 bridgehead atoms. The highest BCUT2D eigenvalue weighted by atomic mass is 16.3. The summed E-state index contributed by atoms with van der Waals surface area (Å²) in [4.78, 5) is 0. The van der Waals surface area contributed by atoms with Crippen LogP contribution in [0.4, 0.5) is 0 Å². The van der Waals surface area contributed by atoms with Crippen molar-refractivity contribution in [1.82, 2.24) is 0 Å². The third-order valence-corrected chi connectivity index (χ3v) is 6.48. The van der Waals surface area contributed by atoms with Gasteiger partial charge in [-0.15, -0.1) is 0 Å². The summed E-state index contributed by atoms with van der Waals surface area (Å²) in [6.45, 7) is 2.37. The van der Waals surface area contributed by atoms with E-state index < -0.39 is 0 Å². The molecule has 0 saturated heterocycles. The first-order valence-corrected chi connectivity index (χ1v) is 10.0. The van der Waals surface area contributed by atoms with E-state index in [1.54, 1.807) is 0 Å².